The quantitative estimate of drug-likeness (QED) is 0.462. The van der Waals surface area contributed by atoms with Crippen LogP contribution in [0.2, 0.25) is 5.02 Å². The number of rotatable bonds is 5. The van der Waals surface area contributed by atoms with Crippen LogP contribution >= 0.6 is 11.6 Å². The molecule has 0 radical (unpaired) electrons. The number of nitrogens with zero attached hydrogens (tertiary/aromatic N) is 2. The minimum atomic E-state index is -0.377. The van der Waals surface area contributed by atoms with Crippen LogP contribution in [0, 0.1) is 6.92 Å². The fourth-order valence-corrected chi connectivity index (χ4v) is 3.45. The summed E-state index contributed by atoms with van der Waals surface area (Å²) in [6.07, 6.45) is 0. The van der Waals surface area contributed by atoms with Gasteiger partial charge in [0.2, 0.25) is 5.43 Å². The predicted molar refractivity (Wildman–Crippen MR) is 126 cm³/mol. The van der Waals surface area contributed by atoms with Crippen LogP contribution in [0.1, 0.15) is 16.1 Å². The number of amides is 1. The van der Waals surface area contributed by atoms with Crippen molar-refractivity contribution in [2.24, 2.45) is 0 Å². The molecule has 32 heavy (non-hydrogen) atoms. The summed E-state index contributed by atoms with van der Waals surface area (Å²) in [4.78, 5) is 26.3. The van der Waals surface area contributed by atoms with Crippen molar-refractivity contribution < 1.29 is 9.53 Å². The number of carbonyl (C=O) groups is 1. The van der Waals surface area contributed by atoms with Crippen LogP contribution in [0.3, 0.4) is 0 Å². The molecular weight excluding hydrogens is 426 g/mol. The van der Waals surface area contributed by atoms with Crippen molar-refractivity contribution in [2.45, 2.75) is 6.92 Å². The van der Waals surface area contributed by atoms with Crippen molar-refractivity contribution in [1.82, 2.24) is 9.78 Å². The largest absolute Gasteiger partial charge is 0.497 e. The third kappa shape index (κ3) is 4.26. The van der Waals surface area contributed by atoms with Crippen LogP contribution in [0.25, 0.3) is 16.8 Å². The molecule has 1 heterocycles. The summed E-state index contributed by atoms with van der Waals surface area (Å²) in [5, 5.41) is 7.93. The van der Waals surface area contributed by atoms with Crippen molar-refractivity contribution in [3.05, 3.63) is 105 Å². The molecule has 0 atom stereocenters. The van der Waals surface area contributed by atoms with E-state index in [1.807, 2.05) is 30.3 Å². The zero-order valence-corrected chi connectivity index (χ0v) is 18.3. The van der Waals surface area contributed by atoms with Crippen LogP contribution < -0.4 is 15.5 Å². The van der Waals surface area contributed by atoms with Crippen LogP contribution in [-0.4, -0.2) is 22.8 Å². The highest BCUT2D eigenvalue weighted by Crippen LogP contribution is 2.28. The summed E-state index contributed by atoms with van der Waals surface area (Å²) < 4.78 is 6.71. The molecule has 4 aromatic rings. The van der Waals surface area contributed by atoms with E-state index in [1.165, 1.54) is 0 Å². The number of anilines is 1. The lowest BCUT2D eigenvalue weighted by atomic mass is 10.0. The second-order valence-electron chi connectivity index (χ2n) is 7.08. The molecule has 0 spiro atoms. The Hall–Kier alpha value is -3.90. The molecule has 0 unspecified atom stereocenters. The van der Waals surface area contributed by atoms with Gasteiger partial charge in [-0.15, -0.1) is 0 Å². The van der Waals surface area contributed by atoms with E-state index in [1.54, 1.807) is 67.2 Å². The number of benzene rings is 3. The van der Waals surface area contributed by atoms with Crippen LogP contribution in [0.5, 0.6) is 5.75 Å². The van der Waals surface area contributed by atoms with E-state index >= 15 is 0 Å². The SMILES string of the molecule is COc1ccc(C(=O)Nc2c(-c3ccccc3)c(=O)c(C)nn2-c2ccc(Cl)cc2)cc1. The zero-order chi connectivity index (χ0) is 22.7. The number of aromatic nitrogens is 2. The van der Waals surface area contributed by atoms with E-state index in [2.05, 4.69) is 10.4 Å². The van der Waals surface area contributed by atoms with E-state index < -0.39 is 0 Å². The molecule has 1 amide bonds. The third-order valence-corrected chi connectivity index (χ3v) is 5.22. The highest BCUT2D eigenvalue weighted by atomic mass is 35.5. The van der Waals surface area contributed by atoms with Gasteiger partial charge in [0.15, 0.2) is 0 Å². The summed E-state index contributed by atoms with van der Waals surface area (Å²) >= 11 is 6.05. The van der Waals surface area contributed by atoms with Crippen molar-refractivity contribution in [3.8, 4) is 22.6 Å². The van der Waals surface area contributed by atoms with Gasteiger partial charge in [-0.2, -0.15) is 5.10 Å². The van der Waals surface area contributed by atoms with Gasteiger partial charge in [-0.1, -0.05) is 41.9 Å². The Morgan fingerprint density at radius 1 is 0.969 bits per heavy atom. The number of hydrogen-bond donors (Lipinski definition) is 1. The summed E-state index contributed by atoms with van der Waals surface area (Å²) in [6, 6.07) is 22.9. The van der Waals surface area contributed by atoms with Gasteiger partial charge < -0.3 is 10.1 Å². The van der Waals surface area contributed by atoms with Crippen LogP contribution in [-0.2, 0) is 0 Å². The normalized spacial score (nSPS) is 10.6. The Morgan fingerprint density at radius 2 is 1.62 bits per heavy atom. The van der Waals surface area contributed by atoms with E-state index in [0.717, 1.165) is 0 Å². The Labute approximate surface area is 190 Å². The minimum Gasteiger partial charge on any atom is -0.497 e. The fraction of sp³-hybridized carbons (Fsp3) is 0.0800. The molecule has 3 aromatic carbocycles. The van der Waals surface area contributed by atoms with Gasteiger partial charge in [0.25, 0.3) is 5.91 Å². The molecule has 0 aliphatic carbocycles. The first-order valence-corrected chi connectivity index (χ1v) is 10.3. The highest BCUT2D eigenvalue weighted by Gasteiger charge is 2.21. The molecule has 0 saturated heterocycles. The zero-order valence-electron chi connectivity index (χ0n) is 17.5. The number of ether oxygens (including phenoxy) is 1. The maximum Gasteiger partial charge on any atom is 0.256 e. The number of hydrogen-bond acceptors (Lipinski definition) is 4. The molecule has 4 rings (SSSR count). The average Bonchev–Trinajstić information content (AvgIpc) is 2.82. The van der Waals surface area contributed by atoms with Gasteiger partial charge in [0.1, 0.15) is 17.3 Å². The highest BCUT2D eigenvalue weighted by molar-refractivity contribution is 6.30. The van der Waals surface area contributed by atoms with Gasteiger partial charge >= 0.3 is 0 Å². The van der Waals surface area contributed by atoms with E-state index in [4.69, 9.17) is 16.3 Å². The fourth-order valence-electron chi connectivity index (χ4n) is 3.32. The Morgan fingerprint density at radius 3 is 2.25 bits per heavy atom. The number of nitrogens with one attached hydrogen (secondary N) is 1. The lowest BCUT2D eigenvalue weighted by molar-refractivity contribution is 0.102. The smallest absolute Gasteiger partial charge is 0.256 e. The average molecular weight is 446 g/mol. The molecule has 0 aliphatic heterocycles. The van der Waals surface area contributed by atoms with E-state index in [0.29, 0.717) is 38.8 Å². The molecule has 0 saturated carbocycles. The molecule has 160 valence electrons. The Bertz CT molecular complexity index is 1320. The molecule has 0 bridgehead atoms. The summed E-state index contributed by atoms with van der Waals surface area (Å²) in [5.41, 5.74) is 2.15. The van der Waals surface area contributed by atoms with Crippen molar-refractivity contribution in [1.29, 1.82) is 0 Å². The maximum absolute atomic E-state index is 13.2. The molecule has 1 aromatic heterocycles. The van der Waals surface area contributed by atoms with Crippen molar-refractivity contribution >= 4 is 23.3 Å². The topological polar surface area (TPSA) is 73.2 Å². The monoisotopic (exact) mass is 445 g/mol. The Kier molecular flexibility index (Phi) is 6.05. The first-order chi connectivity index (χ1) is 15.5. The van der Waals surface area contributed by atoms with Gasteiger partial charge in [0, 0.05) is 10.6 Å². The second kappa shape index (κ2) is 9.08. The van der Waals surface area contributed by atoms with E-state index in [-0.39, 0.29) is 17.2 Å². The number of aryl methyl sites for hydroxylation is 1. The molecule has 0 aliphatic rings. The van der Waals surface area contributed by atoms with Crippen molar-refractivity contribution in [3.63, 3.8) is 0 Å². The summed E-state index contributed by atoms with van der Waals surface area (Å²) in [5.74, 6) is 0.536. The molecule has 1 N–H and O–H groups in total. The standard InChI is InChI=1S/C25H20ClN3O3/c1-16-23(30)22(17-6-4-3-5-7-17)24(29(28-16)20-12-10-19(26)11-13-20)27-25(31)18-8-14-21(32-2)15-9-18/h3-15H,1-2H3,(H,27,31). The first-order valence-electron chi connectivity index (χ1n) is 9.88. The Balaban J connectivity index is 1.90. The summed E-state index contributed by atoms with van der Waals surface area (Å²) in [6.45, 7) is 1.65. The maximum atomic E-state index is 13.2. The van der Waals surface area contributed by atoms with Crippen LogP contribution in [0.15, 0.2) is 83.7 Å². The van der Waals surface area contributed by atoms with Gasteiger partial charge in [0.05, 0.1) is 18.4 Å². The van der Waals surface area contributed by atoms with Gasteiger partial charge in [-0.05, 0) is 61.0 Å². The van der Waals surface area contributed by atoms with Gasteiger partial charge in [-0.25, -0.2) is 4.68 Å². The van der Waals surface area contributed by atoms with E-state index in [9.17, 15) is 9.59 Å². The number of carbonyl (C=O) groups excluding carboxylic acids is 1. The minimum absolute atomic E-state index is 0.258. The third-order valence-electron chi connectivity index (χ3n) is 4.97. The summed E-state index contributed by atoms with van der Waals surface area (Å²) in [7, 11) is 1.56. The molecule has 6 nitrogen and oxygen atoms in total. The van der Waals surface area contributed by atoms with Gasteiger partial charge in [-0.3, -0.25) is 9.59 Å². The molecule has 0 fully saturated rings. The predicted octanol–water partition coefficient (Wildman–Crippen LogP) is 5.12. The molecular formula is C25H20ClN3O3. The van der Waals surface area contributed by atoms with Crippen molar-refractivity contribution in [2.75, 3.05) is 12.4 Å². The number of methoxy groups -OCH3 is 1. The van der Waals surface area contributed by atoms with Crippen LogP contribution in [0.4, 0.5) is 5.82 Å². The second-order valence-corrected chi connectivity index (χ2v) is 7.51. The lowest BCUT2D eigenvalue weighted by Crippen LogP contribution is -2.24. The first kappa shape index (κ1) is 21.3. The molecule has 7 heteroatoms. The lowest BCUT2D eigenvalue weighted by Gasteiger charge is -2.18. The number of halogens is 1.